The third-order valence-electron chi connectivity index (χ3n) is 3.51. The summed E-state index contributed by atoms with van der Waals surface area (Å²) < 4.78 is 16.5. The number of carbonyl (C=O) groups excluding carboxylic acids is 1. The van der Waals surface area contributed by atoms with Crippen LogP contribution in [0, 0.1) is 0 Å². The van der Waals surface area contributed by atoms with E-state index in [1.165, 1.54) is 0 Å². The maximum Gasteiger partial charge on any atom is 0.363 e. The van der Waals surface area contributed by atoms with Crippen LogP contribution in [0.15, 0.2) is 59.2 Å². The largest absolute Gasteiger partial charge is 0.490 e. The maximum absolute atomic E-state index is 12.1. The summed E-state index contributed by atoms with van der Waals surface area (Å²) in [7, 11) is 0. The average molecular weight is 337 g/mol. The van der Waals surface area contributed by atoms with Gasteiger partial charge in [-0.3, -0.25) is 0 Å². The van der Waals surface area contributed by atoms with Crippen LogP contribution in [0.4, 0.5) is 0 Å². The predicted octanol–water partition coefficient (Wildman–Crippen LogP) is 3.83. The van der Waals surface area contributed by atoms with E-state index in [1.54, 1.807) is 24.3 Å². The first-order chi connectivity index (χ1) is 12.2. The van der Waals surface area contributed by atoms with Crippen molar-refractivity contribution in [2.45, 2.75) is 13.8 Å². The van der Waals surface area contributed by atoms with Crippen molar-refractivity contribution in [2.75, 3.05) is 13.2 Å². The van der Waals surface area contributed by atoms with E-state index in [2.05, 4.69) is 4.99 Å². The van der Waals surface area contributed by atoms with Gasteiger partial charge in [-0.2, -0.15) is 0 Å². The lowest BCUT2D eigenvalue weighted by Crippen LogP contribution is -2.06. The highest BCUT2D eigenvalue weighted by Gasteiger charge is 2.25. The number of esters is 1. The zero-order valence-corrected chi connectivity index (χ0v) is 14.2. The van der Waals surface area contributed by atoms with E-state index < -0.39 is 5.97 Å². The van der Waals surface area contributed by atoms with Gasteiger partial charge in [-0.05, 0) is 43.7 Å². The number of hydrogen-bond donors (Lipinski definition) is 0. The Bertz CT molecular complexity index is 825. The van der Waals surface area contributed by atoms with E-state index in [0.29, 0.717) is 30.3 Å². The molecule has 0 N–H and O–H groups in total. The molecule has 0 bridgehead atoms. The Hall–Kier alpha value is -3.08. The van der Waals surface area contributed by atoms with Crippen LogP contribution in [0.25, 0.3) is 6.08 Å². The summed E-state index contributed by atoms with van der Waals surface area (Å²) in [6, 6.07) is 14.9. The summed E-state index contributed by atoms with van der Waals surface area (Å²) >= 11 is 0. The predicted molar refractivity (Wildman–Crippen MR) is 95.8 cm³/mol. The van der Waals surface area contributed by atoms with Crippen LogP contribution in [-0.2, 0) is 9.53 Å². The second-order valence-corrected chi connectivity index (χ2v) is 5.27. The first kappa shape index (κ1) is 16.8. The number of hydrogen-bond acceptors (Lipinski definition) is 5. The molecule has 5 nitrogen and oxygen atoms in total. The highest BCUT2D eigenvalue weighted by Crippen LogP contribution is 2.30. The van der Waals surface area contributed by atoms with E-state index in [9.17, 15) is 4.79 Å². The molecule has 0 atom stereocenters. The minimum absolute atomic E-state index is 0.260. The van der Waals surface area contributed by atoms with Gasteiger partial charge in [-0.25, -0.2) is 9.79 Å². The molecule has 3 rings (SSSR count). The van der Waals surface area contributed by atoms with Crippen molar-refractivity contribution in [1.82, 2.24) is 0 Å². The smallest absolute Gasteiger partial charge is 0.363 e. The molecule has 0 aliphatic carbocycles. The van der Waals surface area contributed by atoms with Gasteiger partial charge < -0.3 is 14.2 Å². The third-order valence-corrected chi connectivity index (χ3v) is 3.51. The van der Waals surface area contributed by atoms with Crippen LogP contribution in [0.3, 0.4) is 0 Å². The molecule has 1 aliphatic rings. The van der Waals surface area contributed by atoms with E-state index >= 15 is 0 Å². The number of rotatable bonds is 6. The van der Waals surface area contributed by atoms with Crippen molar-refractivity contribution in [1.29, 1.82) is 0 Å². The van der Waals surface area contributed by atoms with Gasteiger partial charge in [0.15, 0.2) is 17.2 Å². The standard InChI is InChI=1S/C20H19NO4/c1-3-23-17-11-10-15(13-18(17)24-4-2)19-21-16(20(22)25-19)12-14-8-6-5-7-9-14/h5-13H,3-4H2,1-2H3/b16-12-. The molecule has 2 aromatic rings. The highest BCUT2D eigenvalue weighted by molar-refractivity contribution is 6.13. The number of carbonyl (C=O) groups is 1. The molecule has 1 aliphatic heterocycles. The summed E-state index contributed by atoms with van der Waals surface area (Å²) in [6.07, 6.45) is 1.70. The Morgan fingerprint density at radius 1 is 1.00 bits per heavy atom. The van der Waals surface area contributed by atoms with Crippen LogP contribution in [0.2, 0.25) is 0 Å². The molecule has 1 heterocycles. The second-order valence-electron chi connectivity index (χ2n) is 5.27. The Morgan fingerprint density at radius 2 is 1.72 bits per heavy atom. The first-order valence-electron chi connectivity index (χ1n) is 8.19. The van der Waals surface area contributed by atoms with Crippen molar-refractivity contribution in [3.05, 3.63) is 65.4 Å². The van der Waals surface area contributed by atoms with E-state index in [0.717, 1.165) is 5.56 Å². The molecule has 25 heavy (non-hydrogen) atoms. The summed E-state index contributed by atoms with van der Waals surface area (Å²) in [4.78, 5) is 16.4. The number of benzene rings is 2. The molecule has 0 unspecified atom stereocenters. The molecule has 0 amide bonds. The van der Waals surface area contributed by atoms with Gasteiger partial charge in [0.2, 0.25) is 5.90 Å². The van der Waals surface area contributed by atoms with Crippen molar-refractivity contribution in [3.8, 4) is 11.5 Å². The summed E-state index contributed by atoms with van der Waals surface area (Å²) in [5.41, 5.74) is 1.82. The molecule has 0 saturated heterocycles. The van der Waals surface area contributed by atoms with Gasteiger partial charge in [0.25, 0.3) is 0 Å². The zero-order valence-electron chi connectivity index (χ0n) is 14.2. The molecule has 128 valence electrons. The van der Waals surface area contributed by atoms with Crippen molar-refractivity contribution < 1.29 is 19.0 Å². The fourth-order valence-corrected chi connectivity index (χ4v) is 2.42. The maximum atomic E-state index is 12.1. The Balaban J connectivity index is 1.91. The first-order valence-corrected chi connectivity index (χ1v) is 8.19. The topological polar surface area (TPSA) is 57.1 Å². The minimum atomic E-state index is -0.467. The fourth-order valence-electron chi connectivity index (χ4n) is 2.42. The van der Waals surface area contributed by atoms with E-state index in [-0.39, 0.29) is 11.6 Å². The Labute approximate surface area is 146 Å². The van der Waals surface area contributed by atoms with E-state index in [4.69, 9.17) is 14.2 Å². The summed E-state index contributed by atoms with van der Waals surface area (Å²) in [5, 5.41) is 0. The number of ether oxygens (including phenoxy) is 3. The number of aliphatic imine (C=N–C) groups is 1. The van der Waals surface area contributed by atoms with Crippen molar-refractivity contribution in [3.63, 3.8) is 0 Å². The minimum Gasteiger partial charge on any atom is -0.490 e. The van der Waals surface area contributed by atoms with Crippen molar-refractivity contribution in [2.24, 2.45) is 4.99 Å². The number of cyclic esters (lactones) is 1. The Kier molecular flexibility index (Phi) is 5.14. The van der Waals surface area contributed by atoms with Gasteiger partial charge in [-0.1, -0.05) is 30.3 Å². The molecule has 0 saturated carbocycles. The molecular formula is C20H19NO4. The molecule has 0 radical (unpaired) electrons. The van der Waals surface area contributed by atoms with Crippen LogP contribution in [0.5, 0.6) is 11.5 Å². The lowest BCUT2D eigenvalue weighted by atomic mass is 10.2. The van der Waals surface area contributed by atoms with E-state index in [1.807, 2.05) is 44.2 Å². The quantitative estimate of drug-likeness (QED) is 0.594. The molecule has 0 spiro atoms. The molecule has 0 fully saturated rings. The van der Waals surface area contributed by atoms with Crippen molar-refractivity contribution >= 4 is 17.9 Å². The molecule has 5 heteroatoms. The molecular weight excluding hydrogens is 318 g/mol. The summed E-state index contributed by atoms with van der Waals surface area (Å²) in [6.45, 7) is 4.86. The Morgan fingerprint density at radius 3 is 2.44 bits per heavy atom. The van der Waals surface area contributed by atoms with Gasteiger partial charge in [0, 0.05) is 5.56 Å². The lowest BCUT2D eigenvalue weighted by molar-refractivity contribution is -0.129. The van der Waals surface area contributed by atoms with Crippen LogP contribution < -0.4 is 9.47 Å². The van der Waals surface area contributed by atoms with Gasteiger partial charge in [0.05, 0.1) is 13.2 Å². The van der Waals surface area contributed by atoms with Gasteiger partial charge in [-0.15, -0.1) is 0 Å². The summed E-state index contributed by atoms with van der Waals surface area (Å²) in [5.74, 6) is 1.04. The van der Waals surface area contributed by atoms with Gasteiger partial charge in [0.1, 0.15) is 0 Å². The highest BCUT2D eigenvalue weighted by atomic mass is 16.6. The zero-order chi connectivity index (χ0) is 17.6. The average Bonchev–Trinajstić information content (AvgIpc) is 2.98. The third kappa shape index (κ3) is 3.88. The van der Waals surface area contributed by atoms with Crippen LogP contribution in [-0.4, -0.2) is 25.1 Å². The van der Waals surface area contributed by atoms with Crippen LogP contribution >= 0.6 is 0 Å². The van der Waals surface area contributed by atoms with Crippen LogP contribution in [0.1, 0.15) is 25.0 Å². The monoisotopic (exact) mass is 337 g/mol. The molecule has 2 aromatic carbocycles. The SMILES string of the molecule is CCOc1ccc(C2=N/C(=C\c3ccccc3)C(=O)O2)cc1OCC. The van der Waals surface area contributed by atoms with Gasteiger partial charge >= 0.3 is 5.97 Å². The lowest BCUT2D eigenvalue weighted by Gasteiger charge is -2.11. The second kappa shape index (κ2) is 7.66. The number of nitrogens with zero attached hydrogens (tertiary/aromatic N) is 1. The molecule has 0 aromatic heterocycles. The normalized spacial score (nSPS) is 15.0. The fraction of sp³-hybridized carbons (Fsp3) is 0.200.